The van der Waals surface area contributed by atoms with Gasteiger partial charge >= 0.3 is 6.18 Å². The van der Waals surface area contributed by atoms with E-state index in [1.54, 1.807) is 24.3 Å². The zero-order chi connectivity index (χ0) is 25.0. The summed E-state index contributed by atoms with van der Waals surface area (Å²) >= 11 is 0. The molecule has 0 saturated carbocycles. The predicted octanol–water partition coefficient (Wildman–Crippen LogP) is 8.49. The quantitative estimate of drug-likeness (QED) is 0.153. The number of hydrogen-bond donors (Lipinski definition) is 0. The lowest BCUT2D eigenvalue weighted by Gasteiger charge is -2.08. The Hall–Kier alpha value is -3.72. The van der Waals surface area contributed by atoms with E-state index < -0.39 is 23.4 Å². The van der Waals surface area contributed by atoms with Crippen molar-refractivity contribution < 1.29 is 22.0 Å². The lowest BCUT2D eigenvalue weighted by Crippen LogP contribution is -2.02. The minimum atomic E-state index is -4.84. The third-order valence-electron chi connectivity index (χ3n) is 5.77. The van der Waals surface area contributed by atoms with Gasteiger partial charge in [0.2, 0.25) is 0 Å². The molecule has 178 valence electrons. The lowest BCUT2D eigenvalue weighted by molar-refractivity contribution is -0.0696. The zero-order valence-corrected chi connectivity index (χ0v) is 19.0. The highest BCUT2D eigenvalue weighted by Gasteiger charge is 2.24. The third-order valence-corrected chi connectivity index (χ3v) is 5.77. The minimum Gasteiger partial charge on any atom is -0.256 e. The molecule has 0 unspecified atom stereocenters. The highest BCUT2D eigenvalue weighted by Crippen LogP contribution is 2.29. The average molecular weight is 479 g/mol. The maximum Gasteiger partial charge on any atom is 0.458 e. The molecule has 0 aliphatic rings. The first-order valence-corrected chi connectivity index (χ1v) is 11.3. The van der Waals surface area contributed by atoms with Crippen molar-refractivity contribution in [1.82, 2.24) is 4.98 Å². The molecule has 1 aromatic heterocycles. The van der Waals surface area contributed by atoms with Crippen LogP contribution < -0.4 is 0 Å². The summed E-state index contributed by atoms with van der Waals surface area (Å²) in [6.07, 6.45) is 1.54. The Kier molecular flexibility index (Phi) is 7.16. The van der Waals surface area contributed by atoms with Crippen LogP contribution in [-0.4, -0.2) is 11.2 Å². The number of aryl methyl sites for hydroxylation is 1. The number of fused-ring (bicyclic) bond motifs is 1. The van der Waals surface area contributed by atoms with Gasteiger partial charge in [0.1, 0.15) is 11.6 Å². The van der Waals surface area contributed by atoms with Crippen molar-refractivity contribution in [2.75, 3.05) is 0 Å². The molecule has 0 amide bonds. The van der Waals surface area contributed by atoms with Crippen LogP contribution in [0.3, 0.4) is 0 Å². The van der Waals surface area contributed by atoms with Crippen LogP contribution in [0.2, 0.25) is 0 Å². The highest BCUT2D eigenvalue weighted by molar-refractivity contribution is 5.89. The summed E-state index contributed by atoms with van der Waals surface area (Å²) in [5.74, 6) is 0.206. The summed E-state index contributed by atoms with van der Waals surface area (Å²) in [6, 6.07) is 17.7. The van der Waals surface area contributed by atoms with Gasteiger partial charge in [-0.15, -0.1) is 0 Å². The molecule has 0 aliphatic heterocycles. The fraction of sp³-hybridized carbons (Fsp3) is 0.207. The van der Waals surface area contributed by atoms with E-state index in [1.165, 1.54) is 30.9 Å². The first-order valence-electron chi connectivity index (χ1n) is 11.3. The van der Waals surface area contributed by atoms with Gasteiger partial charge in [-0.3, -0.25) is 4.98 Å². The van der Waals surface area contributed by atoms with E-state index >= 15 is 0 Å². The van der Waals surface area contributed by atoms with Gasteiger partial charge in [-0.1, -0.05) is 68.2 Å². The topological polar surface area (TPSA) is 12.9 Å². The van der Waals surface area contributed by atoms with Crippen molar-refractivity contribution in [3.05, 3.63) is 89.6 Å². The molecule has 4 aromatic rings. The van der Waals surface area contributed by atoms with Gasteiger partial charge in [0, 0.05) is 28.6 Å². The zero-order valence-electron chi connectivity index (χ0n) is 19.0. The van der Waals surface area contributed by atoms with Crippen molar-refractivity contribution in [1.29, 1.82) is 0 Å². The van der Waals surface area contributed by atoms with Crippen LogP contribution in [0.15, 0.2) is 66.9 Å². The fourth-order valence-electron chi connectivity index (χ4n) is 3.92. The molecule has 0 bridgehead atoms. The van der Waals surface area contributed by atoms with E-state index in [4.69, 9.17) is 0 Å². The van der Waals surface area contributed by atoms with Crippen LogP contribution in [0, 0.1) is 23.5 Å². The molecule has 0 radical (unpaired) electrons. The normalized spacial score (nSPS) is 11.4. The highest BCUT2D eigenvalue weighted by atomic mass is 19.4. The van der Waals surface area contributed by atoms with Gasteiger partial charge in [0.15, 0.2) is 0 Å². The monoisotopic (exact) mass is 479 g/mol. The van der Waals surface area contributed by atoms with Crippen molar-refractivity contribution in [2.45, 2.75) is 38.8 Å². The second-order valence-electron chi connectivity index (χ2n) is 8.32. The van der Waals surface area contributed by atoms with E-state index in [0.29, 0.717) is 11.3 Å². The van der Waals surface area contributed by atoms with Gasteiger partial charge in [0.25, 0.3) is 0 Å². The second-order valence-corrected chi connectivity index (χ2v) is 8.32. The number of benzene rings is 3. The summed E-state index contributed by atoms with van der Waals surface area (Å²) < 4.78 is 66.0. The molecule has 1 nitrogen and oxygen atoms in total. The molecule has 3 aromatic carbocycles. The summed E-state index contributed by atoms with van der Waals surface area (Å²) in [6.45, 7) is 2.18. The number of nitrogens with zero attached hydrogens (tertiary/aromatic N) is 1. The number of unbranched alkanes of at least 4 members (excludes halogenated alkanes) is 2. The summed E-state index contributed by atoms with van der Waals surface area (Å²) in [7, 11) is 0. The van der Waals surface area contributed by atoms with E-state index in [9.17, 15) is 22.0 Å². The predicted molar refractivity (Wildman–Crippen MR) is 129 cm³/mol. The average Bonchev–Trinajstić information content (AvgIpc) is 2.83. The Morgan fingerprint density at radius 1 is 0.829 bits per heavy atom. The van der Waals surface area contributed by atoms with Crippen molar-refractivity contribution in [3.63, 3.8) is 0 Å². The van der Waals surface area contributed by atoms with Crippen LogP contribution in [0.1, 0.15) is 37.3 Å². The molecule has 4 rings (SSSR count). The largest absolute Gasteiger partial charge is 0.458 e. The molecule has 0 saturated heterocycles. The number of aromatic nitrogens is 1. The minimum absolute atomic E-state index is 0.0164. The Morgan fingerprint density at radius 3 is 2.20 bits per heavy atom. The van der Waals surface area contributed by atoms with Gasteiger partial charge in [0.05, 0.1) is 11.3 Å². The molecule has 1 heterocycles. The third kappa shape index (κ3) is 5.86. The van der Waals surface area contributed by atoms with Gasteiger partial charge in [-0.2, -0.15) is 13.2 Å². The molecule has 0 fully saturated rings. The summed E-state index contributed by atoms with van der Waals surface area (Å²) in [5, 5.41) is 0.192. The van der Waals surface area contributed by atoms with Crippen molar-refractivity contribution >= 4 is 10.8 Å². The Bertz CT molecular complexity index is 1390. The first-order chi connectivity index (χ1) is 16.7. The maximum absolute atomic E-state index is 14.7. The number of rotatable bonds is 6. The lowest BCUT2D eigenvalue weighted by atomic mass is 10.00. The standard InChI is InChI=1S/C29H22F5N/c1-2-3-4-5-19-6-8-20(9-7-19)22-11-13-27(35-18-22)21-10-12-24-23(16-21)17-26(30)25(28(24)31)14-15-29(32,33)34/h6-13,16-18H,2-5H2,1H3. The van der Waals surface area contributed by atoms with Crippen LogP contribution >= 0.6 is 0 Å². The Morgan fingerprint density at radius 2 is 1.54 bits per heavy atom. The van der Waals surface area contributed by atoms with Crippen LogP contribution in [0.4, 0.5) is 22.0 Å². The maximum atomic E-state index is 14.7. The number of hydrogen-bond acceptors (Lipinski definition) is 1. The molecule has 35 heavy (non-hydrogen) atoms. The smallest absolute Gasteiger partial charge is 0.256 e. The van der Waals surface area contributed by atoms with Crippen LogP contribution in [-0.2, 0) is 6.42 Å². The van der Waals surface area contributed by atoms with E-state index in [0.717, 1.165) is 29.5 Å². The summed E-state index contributed by atoms with van der Waals surface area (Å²) in [4.78, 5) is 4.50. The van der Waals surface area contributed by atoms with E-state index in [2.05, 4.69) is 36.2 Å². The number of pyridine rings is 1. The van der Waals surface area contributed by atoms with Crippen LogP contribution in [0.5, 0.6) is 0 Å². The number of halogens is 5. The molecular weight excluding hydrogens is 457 g/mol. The fourth-order valence-corrected chi connectivity index (χ4v) is 3.92. The first kappa shape index (κ1) is 24.4. The molecule has 6 heteroatoms. The van der Waals surface area contributed by atoms with Crippen molar-refractivity contribution in [2.24, 2.45) is 0 Å². The summed E-state index contributed by atoms with van der Waals surface area (Å²) in [5.41, 5.74) is 3.62. The Labute approximate surface area is 200 Å². The van der Waals surface area contributed by atoms with Gasteiger partial charge in [-0.05, 0) is 47.6 Å². The van der Waals surface area contributed by atoms with E-state index in [-0.39, 0.29) is 10.8 Å². The van der Waals surface area contributed by atoms with Gasteiger partial charge in [-0.25, -0.2) is 8.78 Å². The molecular formula is C29H22F5N. The molecule has 0 aliphatic carbocycles. The SMILES string of the molecule is CCCCCc1ccc(-c2ccc(-c3ccc4c(F)c(C#CC(F)(F)F)c(F)cc4c3)nc2)cc1. The second kappa shape index (κ2) is 10.3. The van der Waals surface area contributed by atoms with Crippen molar-refractivity contribution in [3.8, 4) is 34.2 Å². The van der Waals surface area contributed by atoms with Crippen LogP contribution in [0.25, 0.3) is 33.2 Å². The van der Waals surface area contributed by atoms with E-state index in [1.807, 2.05) is 12.1 Å². The van der Waals surface area contributed by atoms with Gasteiger partial charge < -0.3 is 0 Å². The Balaban J connectivity index is 1.58. The molecule has 0 atom stereocenters. The molecule has 0 N–H and O–H groups in total. The number of alkyl halides is 3. The molecule has 0 spiro atoms.